The van der Waals surface area contributed by atoms with Crippen molar-refractivity contribution < 1.29 is 4.79 Å². The predicted molar refractivity (Wildman–Crippen MR) is 49.8 cm³/mol. The first-order valence-electron chi connectivity index (χ1n) is 4.30. The molecule has 1 aliphatic rings. The van der Waals surface area contributed by atoms with Gasteiger partial charge < -0.3 is 5.32 Å². The van der Waals surface area contributed by atoms with Crippen molar-refractivity contribution in [1.29, 1.82) is 0 Å². The highest BCUT2D eigenvalue weighted by Gasteiger charge is 2.09. The Morgan fingerprint density at radius 1 is 1.67 bits per heavy atom. The topological polar surface area (TPSA) is 29.1 Å². The standard InChI is InChI=1S/C10H15NO/c1-8(2)7-11-10(12)6-9-4-3-5-9/h6H,1,3-5,7H2,2H3,(H,11,12). The van der Waals surface area contributed by atoms with E-state index in [2.05, 4.69) is 11.9 Å². The second-order valence-electron chi connectivity index (χ2n) is 3.33. The van der Waals surface area contributed by atoms with Crippen molar-refractivity contribution in [2.45, 2.75) is 26.2 Å². The van der Waals surface area contributed by atoms with E-state index in [1.165, 1.54) is 12.0 Å². The number of rotatable bonds is 3. The molecular weight excluding hydrogens is 150 g/mol. The summed E-state index contributed by atoms with van der Waals surface area (Å²) in [5.74, 6) is 0.0210. The molecule has 0 heterocycles. The molecule has 2 nitrogen and oxygen atoms in total. The van der Waals surface area contributed by atoms with E-state index in [-0.39, 0.29) is 5.91 Å². The van der Waals surface area contributed by atoms with E-state index >= 15 is 0 Å². The molecule has 0 aromatic rings. The summed E-state index contributed by atoms with van der Waals surface area (Å²) >= 11 is 0. The van der Waals surface area contributed by atoms with Crippen molar-refractivity contribution >= 4 is 5.91 Å². The molecule has 0 unspecified atom stereocenters. The summed E-state index contributed by atoms with van der Waals surface area (Å²) in [6.07, 6.45) is 5.15. The zero-order valence-corrected chi connectivity index (χ0v) is 7.52. The lowest BCUT2D eigenvalue weighted by Gasteiger charge is -2.15. The fourth-order valence-corrected chi connectivity index (χ4v) is 1.000. The molecule has 66 valence electrons. The summed E-state index contributed by atoms with van der Waals surface area (Å²) < 4.78 is 0. The highest BCUT2D eigenvalue weighted by Crippen LogP contribution is 2.24. The SMILES string of the molecule is C=C(C)CNC(=O)C=C1CCC1. The van der Waals surface area contributed by atoms with Crippen LogP contribution in [-0.4, -0.2) is 12.5 Å². The Kier molecular flexibility index (Phi) is 3.09. The minimum atomic E-state index is 0.0210. The molecule has 1 rings (SSSR count). The Labute approximate surface area is 73.4 Å². The summed E-state index contributed by atoms with van der Waals surface area (Å²) in [6, 6.07) is 0. The Hall–Kier alpha value is -1.05. The van der Waals surface area contributed by atoms with Gasteiger partial charge in [-0.15, -0.1) is 0 Å². The number of carbonyl (C=O) groups excluding carboxylic acids is 1. The van der Waals surface area contributed by atoms with Gasteiger partial charge in [0.2, 0.25) is 5.91 Å². The number of allylic oxidation sites excluding steroid dienone is 1. The molecule has 0 atom stereocenters. The minimum Gasteiger partial charge on any atom is -0.349 e. The Bertz CT molecular complexity index is 222. The Balaban J connectivity index is 2.24. The summed E-state index contributed by atoms with van der Waals surface area (Å²) in [7, 11) is 0. The van der Waals surface area contributed by atoms with Gasteiger partial charge in [0, 0.05) is 12.6 Å². The first-order valence-corrected chi connectivity index (χ1v) is 4.30. The quantitative estimate of drug-likeness (QED) is 0.501. The van der Waals surface area contributed by atoms with Crippen LogP contribution in [0.1, 0.15) is 26.2 Å². The smallest absolute Gasteiger partial charge is 0.244 e. The molecule has 0 saturated heterocycles. The number of amides is 1. The van der Waals surface area contributed by atoms with Crippen LogP contribution in [0.5, 0.6) is 0 Å². The van der Waals surface area contributed by atoms with E-state index in [1.807, 2.05) is 6.92 Å². The largest absolute Gasteiger partial charge is 0.349 e. The van der Waals surface area contributed by atoms with Gasteiger partial charge in [-0.2, -0.15) is 0 Å². The first-order chi connectivity index (χ1) is 5.68. The van der Waals surface area contributed by atoms with Crippen molar-refractivity contribution in [3.05, 3.63) is 23.8 Å². The molecule has 1 N–H and O–H groups in total. The monoisotopic (exact) mass is 165 g/mol. The molecule has 0 aliphatic heterocycles. The third-order valence-electron chi connectivity index (χ3n) is 1.90. The Morgan fingerprint density at radius 3 is 2.75 bits per heavy atom. The van der Waals surface area contributed by atoms with Crippen LogP contribution in [0.15, 0.2) is 23.8 Å². The van der Waals surface area contributed by atoms with Crippen LogP contribution in [0.25, 0.3) is 0 Å². The maximum absolute atomic E-state index is 11.1. The van der Waals surface area contributed by atoms with Crippen LogP contribution in [0.3, 0.4) is 0 Å². The van der Waals surface area contributed by atoms with Crippen LogP contribution in [0, 0.1) is 0 Å². The third-order valence-corrected chi connectivity index (χ3v) is 1.90. The lowest BCUT2D eigenvalue weighted by atomic mass is 9.92. The third kappa shape index (κ3) is 2.91. The van der Waals surface area contributed by atoms with Crippen LogP contribution >= 0.6 is 0 Å². The minimum absolute atomic E-state index is 0.0210. The van der Waals surface area contributed by atoms with Crippen molar-refractivity contribution in [3.63, 3.8) is 0 Å². The van der Waals surface area contributed by atoms with Crippen molar-refractivity contribution in [3.8, 4) is 0 Å². The van der Waals surface area contributed by atoms with Gasteiger partial charge in [-0.25, -0.2) is 0 Å². The van der Waals surface area contributed by atoms with Crippen LogP contribution in [0.4, 0.5) is 0 Å². The van der Waals surface area contributed by atoms with Gasteiger partial charge in [0.05, 0.1) is 0 Å². The highest BCUT2D eigenvalue weighted by molar-refractivity contribution is 5.88. The molecule has 2 heteroatoms. The van der Waals surface area contributed by atoms with Crippen LogP contribution < -0.4 is 5.32 Å². The summed E-state index contributed by atoms with van der Waals surface area (Å²) in [5, 5.41) is 2.77. The lowest BCUT2D eigenvalue weighted by Crippen LogP contribution is -2.23. The fourth-order valence-electron chi connectivity index (χ4n) is 1.000. The van der Waals surface area contributed by atoms with Crippen molar-refractivity contribution in [2.75, 3.05) is 6.54 Å². The van der Waals surface area contributed by atoms with E-state index in [0.717, 1.165) is 18.4 Å². The van der Waals surface area contributed by atoms with Gasteiger partial charge in [-0.3, -0.25) is 4.79 Å². The second-order valence-corrected chi connectivity index (χ2v) is 3.33. The van der Waals surface area contributed by atoms with Gasteiger partial charge in [-0.05, 0) is 26.2 Å². The summed E-state index contributed by atoms with van der Waals surface area (Å²) in [6.45, 7) is 6.19. The molecule has 1 aliphatic carbocycles. The average molecular weight is 165 g/mol. The normalized spacial score (nSPS) is 14.9. The molecule has 0 aromatic carbocycles. The molecular formula is C10H15NO. The van der Waals surface area contributed by atoms with E-state index in [0.29, 0.717) is 6.54 Å². The van der Waals surface area contributed by atoms with Crippen LogP contribution in [-0.2, 0) is 4.79 Å². The zero-order chi connectivity index (χ0) is 8.97. The predicted octanol–water partition coefficient (Wildman–Crippen LogP) is 1.79. The van der Waals surface area contributed by atoms with Gasteiger partial charge >= 0.3 is 0 Å². The number of hydrogen-bond acceptors (Lipinski definition) is 1. The Morgan fingerprint density at radius 2 is 2.33 bits per heavy atom. The molecule has 1 fully saturated rings. The number of nitrogens with one attached hydrogen (secondary N) is 1. The van der Waals surface area contributed by atoms with Gasteiger partial charge in [0.25, 0.3) is 0 Å². The van der Waals surface area contributed by atoms with Gasteiger partial charge in [0.1, 0.15) is 0 Å². The molecule has 0 spiro atoms. The van der Waals surface area contributed by atoms with E-state index < -0.39 is 0 Å². The molecule has 12 heavy (non-hydrogen) atoms. The van der Waals surface area contributed by atoms with Crippen LogP contribution in [0.2, 0.25) is 0 Å². The van der Waals surface area contributed by atoms with E-state index in [1.54, 1.807) is 6.08 Å². The maximum Gasteiger partial charge on any atom is 0.244 e. The summed E-state index contributed by atoms with van der Waals surface area (Å²) in [4.78, 5) is 11.1. The first kappa shape index (κ1) is 9.04. The molecule has 1 amide bonds. The summed E-state index contributed by atoms with van der Waals surface area (Å²) in [5.41, 5.74) is 2.25. The second kappa shape index (κ2) is 4.10. The zero-order valence-electron chi connectivity index (χ0n) is 7.52. The molecule has 0 radical (unpaired) electrons. The lowest BCUT2D eigenvalue weighted by molar-refractivity contribution is -0.116. The fraction of sp³-hybridized carbons (Fsp3) is 0.500. The molecule has 0 bridgehead atoms. The van der Waals surface area contributed by atoms with Gasteiger partial charge in [-0.1, -0.05) is 17.7 Å². The number of carbonyl (C=O) groups is 1. The van der Waals surface area contributed by atoms with E-state index in [9.17, 15) is 4.79 Å². The van der Waals surface area contributed by atoms with Crippen molar-refractivity contribution in [1.82, 2.24) is 5.32 Å². The van der Waals surface area contributed by atoms with Gasteiger partial charge in [0.15, 0.2) is 0 Å². The number of hydrogen-bond donors (Lipinski definition) is 1. The highest BCUT2D eigenvalue weighted by atomic mass is 16.1. The van der Waals surface area contributed by atoms with E-state index in [4.69, 9.17) is 0 Å². The van der Waals surface area contributed by atoms with Crippen molar-refractivity contribution in [2.24, 2.45) is 0 Å². The maximum atomic E-state index is 11.1. The molecule has 0 aromatic heterocycles. The average Bonchev–Trinajstić information content (AvgIpc) is 1.93. The molecule has 1 saturated carbocycles.